The van der Waals surface area contributed by atoms with Crippen molar-refractivity contribution < 1.29 is 9.53 Å². The highest BCUT2D eigenvalue weighted by Gasteiger charge is 2.08. The minimum Gasteiger partial charge on any atom is -0.497 e. The summed E-state index contributed by atoms with van der Waals surface area (Å²) in [6.07, 6.45) is 1.40. The van der Waals surface area contributed by atoms with E-state index >= 15 is 0 Å². The molecule has 3 aromatic rings. The van der Waals surface area contributed by atoms with Gasteiger partial charge in [-0.05, 0) is 29.8 Å². The fourth-order valence-corrected chi connectivity index (χ4v) is 2.41. The zero-order valence-corrected chi connectivity index (χ0v) is 13.2. The van der Waals surface area contributed by atoms with Crippen LogP contribution in [-0.2, 0) is 17.9 Å². The molecule has 6 nitrogen and oxygen atoms in total. The summed E-state index contributed by atoms with van der Waals surface area (Å²) in [7, 11) is 1.59. The Morgan fingerprint density at radius 2 is 2.04 bits per heavy atom. The van der Waals surface area contributed by atoms with E-state index in [2.05, 4.69) is 10.3 Å². The molecule has 0 saturated carbocycles. The van der Waals surface area contributed by atoms with Gasteiger partial charge in [0.25, 0.3) is 5.56 Å². The van der Waals surface area contributed by atoms with E-state index in [9.17, 15) is 9.59 Å². The quantitative estimate of drug-likeness (QED) is 0.776. The second-order valence-electron chi connectivity index (χ2n) is 5.32. The summed E-state index contributed by atoms with van der Waals surface area (Å²) in [6, 6.07) is 14.5. The molecule has 0 unspecified atom stereocenters. The summed E-state index contributed by atoms with van der Waals surface area (Å²) in [4.78, 5) is 28.6. The molecule has 0 saturated heterocycles. The first-order valence-electron chi connectivity index (χ1n) is 7.51. The Balaban J connectivity index is 1.69. The maximum atomic E-state index is 12.3. The van der Waals surface area contributed by atoms with E-state index in [0.29, 0.717) is 17.4 Å². The van der Waals surface area contributed by atoms with E-state index in [1.54, 1.807) is 25.3 Å². The monoisotopic (exact) mass is 323 g/mol. The molecule has 0 fully saturated rings. The van der Waals surface area contributed by atoms with Gasteiger partial charge in [-0.2, -0.15) is 0 Å². The second-order valence-corrected chi connectivity index (χ2v) is 5.32. The van der Waals surface area contributed by atoms with Crippen molar-refractivity contribution in [1.82, 2.24) is 14.9 Å². The van der Waals surface area contributed by atoms with Crippen LogP contribution in [-0.4, -0.2) is 22.6 Å². The van der Waals surface area contributed by atoms with Crippen LogP contribution in [0.4, 0.5) is 0 Å². The number of nitrogens with one attached hydrogen (secondary N) is 1. The van der Waals surface area contributed by atoms with E-state index in [0.717, 1.165) is 11.3 Å². The SMILES string of the molecule is COc1cccc(CNC(=O)Cn2cnc3ccccc3c2=O)c1. The number of rotatable bonds is 5. The maximum absolute atomic E-state index is 12.3. The number of hydrogen-bond donors (Lipinski definition) is 1. The van der Waals surface area contributed by atoms with Crippen LogP contribution in [0.5, 0.6) is 5.75 Å². The van der Waals surface area contributed by atoms with Crippen molar-refractivity contribution in [1.29, 1.82) is 0 Å². The minimum atomic E-state index is -0.253. The van der Waals surface area contributed by atoms with Gasteiger partial charge in [-0.1, -0.05) is 24.3 Å². The number of para-hydroxylation sites is 1. The first-order chi connectivity index (χ1) is 11.7. The number of carbonyl (C=O) groups excluding carboxylic acids is 1. The summed E-state index contributed by atoms with van der Waals surface area (Å²) in [6.45, 7) is 0.298. The Morgan fingerprint density at radius 1 is 1.21 bits per heavy atom. The van der Waals surface area contributed by atoms with E-state index in [4.69, 9.17) is 4.74 Å². The van der Waals surface area contributed by atoms with Gasteiger partial charge >= 0.3 is 0 Å². The molecular formula is C18H17N3O3. The fourth-order valence-electron chi connectivity index (χ4n) is 2.41. The Bertz CT molecular complexity index is 934. The lowest BCUT2D eigenvalue weighted by Gasteiger charge is -2.09. The molecule has 0 bridgehead atoms. The standard InChI is InChI=1S/C18H17N3O3/c1-24-14-6-4-5-13(9-14)10-19-17(22)11-21-12-20-16-8-3-2-7-15(16)18(21)23/h2-9,12H,10-11H2,1H3,(H,19,22). The number of fused-ring (bicyclic) bond motifs is 1. The molecule has 0 spiro atoms. The Morgan fingerprint density at radius 3 is 2.88 bits per heavy atom. The number of ether oxygens (including phenoxy) is 1. The van der Waals surface area contributed by atoms with Crippen LogP contribution >= 0.6 is 0 Å². The lowest BCUT2D eigenvalue weighted by molar-refractivity contribution is -0.121. The molecule has 1 amide bonds. The predicted molar refractivity (Wildman–Crippen MR) is 90.8 cm³/mol. The molecule has 1 aromatic heterocycles. The van der Waals surface area contributed by atoms with Crippen LogP contribution in [0.25, 0.3) is 10.9 Å². The van der Waals surface area contributed by atoms with Crippen LogP contribution in [0, 0.1) is 0 Å². The molecule has 0 aliphatic carbocycles. The Hall–Kier alpha value is -3.15. The molecule has 24 heavy (non-hydrogen) atoms. The third-order valence-corrected chi connectivity index (χ3v) is 3.67. The molecule has 1 heterocycles. The first kappa shape index (κ1) is 15.7. The largest absolute Gasteiger partial charge is 0.497 e. The van der Waals surface area contributed by atoms with Crippen LogP contribution < -0.4 is 15.6 Å². The summed E-state index contributed by atoms with van der Waals surface area (Å²) in [5.41, 5.74) is 1.32. The van der Waals surface area contributed by atoms with Gasteiger partial charge in [-0.25, -0.2) is 4.98 Å². The van der Waals surface area contributed by atoms with Crippen molar-refractivity contribution >= 4 is 16.8 Å². The van der Waals surface area contributed by atoms with Gasteiger partial charge < -0.3 is 10.1 Å². The number of benzene rings is 2. The highest BCUT2D eigenvalue weighted by molar-refractivity contribution is 5.78. The normalized spacial score (nSPS) is 10.5. The third-order valence-electron chi connectivity index (χ3n) is 3.67. The highest BCUT2D eigenvalue weighted by Crippen LogP contribution is 2.12. The van der Waals surface area contributed by atoms with Crippen molar-refractivity contribution in [2.75, 3.05) is 7.11 Å². The zero-order valence-electron chi connectivity index (χ0n) is 13.2. The van der Waals surface area contributed by atoms with Crippen molar-refractivity contribution in [3.05, 3.63) is 70.8 Å². The Labute approximate surface area is 138 Å². The molecule has 122 valence electrons. The van der Waals surface area contributed by atoms with Crippen LogP contribution in [0.3, 0.4) is 0 Å². The van der Waals surface area contributed by atoms with Gasteiger partial charge in [0.1, 0.15) is 12.3 Å². The first-order valence-corrected chi connectivity index (χ1v) is 7.51. The van der Waals surface area contributed by atoms with Gasteiger partial charge in [0.05, 0.1) is 24.3 Å². The summed E-state index contributed by atoms with van der Waals surface area (Å²) in [5, 5.41) is 3.29. The molecule has 1 N–H and O–H groups in total. The molecular weight excluding hydrogens is 306 g/mol. The van der Waals surface area contributed by atoms with E-state index in [1.165, 1.54) is 10.9 Å². The molecule has 2 aromatic carbocycles. The number of methoxy groups -OCH3 is 1. The minimum absolute atomic E-state index is 0.0688. The number of nitrogens with zero attached hydrogens (tertiary/aromatic N) is 2. The van der Waals surface area contributed by atoms with Gasteiger partial charge in [0, 0.05) is 6.54 Å². The summed E-state index contributed by atoms with van der Waals surface area (Å²) in [5.74, 6) is 0.480. The molecule has 0 radical (unpaired) electrons. The highest BCUT2D eigenvalue weighted by atomic mass is 16.5. The molecule has 6 heteroatoms. The fraction of sp³-hybridized carbons (Fsp3) is 0.167. The number of carbonyl (C=O) groups is 1. The lowest BCUT2D eigenvalue weighted by atomic mass is 10.2. The molecule has 3 rings (SSSR count). The Kier molecular flexibility index (Phi) is 4.56. The smallest absolute Gasteiger partial charge is 0.261 e. The van der Waals surface area contributed by atoms with Gasteiger partial charge in [0.15, 0.2) is 0 Å². The van der Waals surface area contributed by atoms with Crippen molar-refractivity contribution in [2.45, 2.75) is 13.1 Å². The van der Waals surface area contributed by atoms with E-state index in [-0.39, 0.29) is 18.0 Å². The molecule has 0 aliphatic heterocycles. The van der Waals surface area contributed by atoms with Gasteiger partial charge in [0.2, 0.25) is 5.91 Å². The van der Waals surface area contributed by atoms with Crippen LogP contribution in [0.2, 0.25) is 0 Å². The van der Waals surface area contributed by atoms with Crippen LogP contribution in [0.1, 0.15) is 5.56 Å². The van der Waals surface area contributed by atoms with Gasteiger partial charge in [-0.15, -0.1) is 0 Å². The van der Waals surface area contributed by atoms with Crippen molar-refractivity contribution in [2.24, 2.45) is 0 Å². The molecule has 0 atom stereocenters. The van der Waals surface area contributed by atoms with E-state index in [1.807, 2.05) is 30.3 Å². The third kappa shape index (κ3) is 3.43. The number of aromatic nitrogens is 2. The van der Waals surface area contributed by atoms with Crippen LogP contribution in [0.15, 0.2) is 59.7 Å². The number of amides is 1. The van der Waals surface area contributed by atoms with Gasteiger partial charge in [-0.3, -0.25) is 14.2 Å². The average molecular weight is 323 g/mol. The maximum Gasteiger partial charge on any atom is 0.261 e. The predicted octanol–water partition coefficient (Wildman–Crippen LogP) is 1.72. The summed E-state index contributed by atoms with van der Waals surface area (Å²) >= 11 is 0. The molecule has 0 aliphatic rings. The van der Waals surface area contributed by atoms with E-state index < -0.39 is 0 Å². The lowest BCUT2D eigenvalue weighted by Crippen LogP contribution is -2.32. The average Bonchev–Trinajstić information content (AvgIpc) is 2.63. The van der Waals surface area contributed by atoms with Crippen molar-refractivity contribution in [3.8, 4) is 5.75 Å². The number of hydrogen-bond acceptors (Lipinski definition) is 4. The summed E-state index contributed by atoms with van der Waals surface area (Å²) < 4.78 is 6.46. The second kappa shape index (κ2) is 6.95. The zero-order chi connectivity index (χ0) is 16.9. The topological polar surface area (TPSA) is 73.2 Å². The van der Waals surface area contributed by atoms with Crippen molar-refractivity contribution in [3.63, 3.8) is 0 Å².